The first-order chi connectivity index (χ1) is 10.8. The van der Waals surface area contributed by atoms with Gasteiger partial charge in [0.05, 0.1) is 11.3 Å². The highest BCUT2D eigenvalue weighted by Gasteiger charge is 2.26. The van der Waals surface area contributed by atoms with Crippen LogP contribution in [0, 0.1) is 0 Å². The second-order valence-electron chi connectivity index (χ2n) is 5.12. The number of sulfone groups is 1. The quantitative estimate of drug-likeness (QED) is 0.752. The Hall–Kier alpha value is -2.42. The van der Waals surface area contributed by atoms with Gasteiger partial charge in [0.25, 0.3) is 5.91 Å². The molecule has 0 atom stereocenters. The van der Waals surface area contributed by atoms with Gasteiger partial charge in [-0.1, -0.05) is 12.1 Å². The van der Waals surface area contributed by atoms with E-state index in [1.54, 1.807) is 0 Å². The number of urea groups is 1. The van der Waals surface area contributed by atoms with Gasteiger partial charge in [-0.2, -0.15) is 0 Å². The number of imide groups is 1. The average Bonchev–Trinajstić information content (AvgIpc) is 2.90. The summed E-state index contributed by atoms with van der Waals surface area (Å²) in [4.78, 5) is 35.8. The maximum atomic E-state index is 11.8. The topological polar surface area (TPSA) is 110 Å². The zero-order valence-electron chi connectivity index (χ0n) is 12.4. The van der Waals surface area contributed by atoms with Gasteiger partial charge < -0.3 is 10.1 Å². The van der Waals surface area contributed by atoms with E-state index in [9.17, 15) is 22.8 Å². The lowest BCUT2D eigenvalue weighted by molar-refractivity contribution is -0.130. The van der Waals surface area contributed by atoms with Crippen LogP contribution in [0.2, 0.25) is 0 Å². The number of ether oxygens (including phenoxy) is 1. The SMILES string of the molecule is CS(=O)(=O)Cc1ccc(C(=O)OCC(=O)N2CCNC2=O)cc1. The Balaban J connectivity index is 1.90. The molecule has 0 aliphatic carbocycles. The molecule has 1 aromatic carbocycles. The number of esters is 1. The van der Waals surface area contributed by atoms with Crippen LogP contribution in [0.25, 0.3) is 0 Å². The van der Waals surface area contributed by atoms with Gasteiger partial charge in [-0.25, -0.2) is 18.0 Å². The Morgan fingerprint density at radius 2 is 1.91 bits per heavy atom. The summed E-state index contributed by atoms with van der Waals surface area (Å²) in [6.07, 6.45) is 1.12. The number of carbonyl (C=O) groups excluding carboxylic acids is 3. The summed E-state index contributed by atoms with van der Waals surface area (Å²) in [7, 11) is -3.15. The first kappa shape index (κ1) is 16.9. The van der Waals surface area contributed by atoms with Crippen LogP contribution in [0.4, 0.5) is 4.79 Å². The van der Waals surface area contributed by atoms with Gasteiger partial charge in [0.1, 0.15) is 0 Å². The van der Waals surface area contributed by atoms with Crippen LogP contribution in [0.1, 0.15) is 15.9 Å². The molecule has 3 amide bonds. The number of hydrogen-bond acceptors (Lipinski definition) is 6. The summed E-state index contributed by atoms with van der Waals surface area (Å²) < 4.78 is 27.2. The lowest BCUT2D eigenvalue weighted by atomic mass is 10.1. The fraction of sp³-hybridized carbons (Fsp3) is 0.357. The summed E-state index contributed by atoms with van der Waals surface area (Å²) in [6.45, 7) is 0.0903. The summed E-state index contributed by atoms with van der Waals surface area (Å²) >= 11 is 0. The molecule has 1 N–H and O–H groups in total. The molecule has 0 unspecified atom stereocenters. The molecule has 0 spiro atoms. The van der Waals surface area contributed by atoms with E-state index in [2.05, 4.69) is 5.32 Å². The fourth-order valence-corrected chi connectivity index (χ4v) is 2.84. The minimum Gasteiger partial charge on any atom is -0.452 e. The highest BCUT2D eigenvalue weighted by atomic mass is 32.2. The second kappa shape index (κ2) is 6.78. The first-order valence-electron chi connectivity index (χ1n) is 6.78. The fourth-order valence-electron chi connectivity index (χ4n) is 2.04. The predicted molar refractivity (Wildman–Crippen MR) is 80.4 cm³/mol. The van der Waals surface area contributed by atoms with E-state index < -0.39 is 34.4 Å². The van der Waals surface area contributed by atoms with Gasteiger partial charge in [0.2, 0.25) is 0 Å². The van der Waals surface area contributed by atoms with Crippen molar-refractivity contribution in [1.29, 1.82) is 0 Å². The minimum atomic E-state index is -3.15. The van der Waals surface area contributed by atoms with Crippen molar-refractivity contribution in [2.75, 3.05) is 26.0 Å². The lowest BCUT2D eigenvalue weighted by Gasteiger charge is -2.12. The Morgan fingerprint density at radius 3 is 2.43 bits per heavy atom. The van der Waals surface area contributed by atoms with Crippen molar-refractivity contribution in [1.82, 2.24) is 10.2 Å². The van der Waals surface area contributed by atoms with E-state index in [4.69, 9.17) is 4.74 Å². The number of amides is 3. The largest absolute Gasteiger partial charge is 0.452 e. The van der Waals surface area contributed by atoms with Gasteiger partial charge in [-0.05, 0) is 17.7 Å². The second-order valence-corrected chi connectivity index (χ2v) is 7.26. The Labute approximate surface area is 133 Å². The number of rotatable bonds is 5. The van der Waals surface area contributed by atoms with Crippen molar-refractivity contribution in [2.45, 2.75) is 5.75 Å². The third-order valence-corrected chi connectivity index (χ3v) is 3.96. The Morgan fingerprint density at radius 1 is 1.26 bits per heavy atom. The molecule has 1 saturated heterocycles. The van der Waals surface area contributed by atoms with Gasteiger partial charge >= 0.3 is 12.0 Å². The highest BCUT2D eigenvalue weighted by molar-refractivity contribution is 7.89. The molecule has 9 heteroatoms. The van der Waals surface area contributed by atoms with Crippen LogP contribution in [-0.4, -0.2) is 57.2 Å². The molecule has 0 saturated carbocycles. The van der Waals surface area contributed by atoms with Crippen LogP contribution in [0.15, 0.2) is 24.3 Å². The first-order valence-corrected chi connectivity index (χ1v) is 8.84. The van der Waals surface area contributed by atoms with Gasteiger partial charge in [0.15, 0.2) is 16.4 Å². The van der Waals surface area contributed by atoms with Crippen molar-refractivity contribution in [3.8, 4) is 0 Å². The summed E-state index contributed by atoms with van der Waals surface area (Å²) in [5.41, 5.74) is 0.745. The molecular formula is C14H16N2O6S. The van der Waals surface area contributed by atoms with Crippen LogP contribution in [-0.2, 0) is 25.1 Å². The zero-order chi connectivity index (χ0) is 17.0. The summed E-state index contributed by atoms with van der Waals surface area (Å²) in [6, 6.07) is 5.36. The molecule has 1 aromatic rings. The Bertz CT molecular complexity index is 726. The molecule has 1 heterocycles. The molecule has 8 nitrogen and oxygen atoms in total. The third-order valence-electron chi connectivity index (χ3n) is 3.10. The van der Waals surface area contributed by atoms with Crippen molar-refractivity contribution >= 4 is 27.7 Å². The third kappa shape index (κ3) is 4.78. The molecule has 0 aromatic heterocycles. The van der Waals surface area contributed by atoms with Crippen LogP contribution >= 0.6 is 0 Å². The van der Waals surface area contributed by atoms with Crippen molar-refractivity contribution < 1.29 is 27.5 Å². The van der Waals surface area contributed by atoms with Crippen LogP contribution in [0.5, 0.6) is 0 Å². The highest BCUT2D eigenvalue weighted by Crippen LogP contribution is 2.09. The van der Waals surface area contributed by atoms with E-state index >= 15 is 0 Å². The molecular weight excluding hydrogens is 324 g/mol. The Kier molecular flexibility index (Phi) is 4.99. The van der Waals surface area contributed by atoms with Gasteiger partial charge in [-0.15, -0.1) is 0 Å². The number of nitrogens with one attached hydrogen (secondary N) is 1. The molecule has 2 rings (SSSR count). The number of hydrogen-bond donors (Lipinski definition) is 1. The monoisotopic (exact) mass is 340 g/mol. The molecule has 23 heavy (non-hydrogen) atoms. The minimum absolute atomic E-state index is 0.120. The van der Waals surface area contributed by atoms with E-state index in [1.807, 2.05) is 0 Å². The molecule has 1 aliphatic heterocycles. The molecule has 124 valence electrons. The molecule has 1 fully saturated rings. The molecule has 1 aliphatic rings. The maximum absolute atomic E-state index is 11.8. The van der Waals surface area contributed by atoms with E-state index in [0.717, 1.165) is 11.2 Å². The van der Waals surface area contributed by atoms with E-state index in [-0.39, 0.29) is 17.9 Å². The number of carbonyl (C=O) groups is 3. The van der Waals surface area contributed by atoms with Gasteiger partial charge in [-0.3, -0.25) is 9.69 Å². The summed E-state index contributed by atoms with van der Waals surface area (Å²) in [5.74, 6) is -1.43. The van der Waals surface area contributed by atoms with E-state index in [1.165, 1.54) is 24.3 Å². The lowest BCUT2D eigenvalue weighted by Crippen LogP contribution is -2.37. The average molecular weight is 340 g/mol. The van der Waals surface area contributed by atoms with Crippen molar-refractivity contribution in [3.63, 3.8) is 0 Å². The van der Waals surface area contributed by atoms with Crippen LogP contribution < -0.4 is 5.32 Å². The summed E-state index contributed by atoms with van der Waals surface area (Å²) in [5, 5.41) is 2.47. The van der Waals surface area contributed by atoms with Crippen molar-refractivity contribution in [2.24, 2.45) is 0 Å². The van der Waals surface area contributed by atoms with Gasteiger partial charge in [0, 0.05) is 19.3 Å². The molecule has 0 bridgehead atoms. The molecule has 0 radical (unpaired) electrons. The predicted octanol–water partition coefficient (Wildman–Crippen LogP) is -0.0602. The smallest absolute Gasteiger partial charge is 0.338 e. The standard InChI is InChI=1S/C14H16N2O6S/c1-23(20,21)9-10-2-4-11(5-3-10)13(18)22-8-12(17)16-7-6-15-14(16)19/h2-5H,6-9H2,1H3,(H,15,19). The zero-order valence-corrected chi connectivity index (χ0v) is 13.3. The van der Waals surface area contributed by atoms with Crippen LogP contribution in [0.3, 0.4) is 0 Å². The van der Waals surface area contributed by atoms with E-state index in [0.29, 0.717) is 12.1 Å². The number of benzene rings is 1. The number of nitrogens with zero attached hydrogens (tertiary/aromatic N) is 1. The normalized spacial score (nSPS) is 14.5. The maximum Gasteiger partial charge on any atom is 0.338 e. The van der Waals surface area contributed by atoms with Crippen molar-refractivity contribution in [3.05, 3.63) is 35.4 Å².